The van der Waals surface area contributed by atoms with E-state index in [1.807, 2.05) is 11.9 Å². The Hall–Kier alpha value is -0.570. The second kappa shape index (κ2) is 6.83. The van der Waals surface area contributed by atoms with Crippen LogP contribution in [0, 0.1) is 0 Å². The number of likely N-dealkylation sites (N-methyl/N-ethyl adjacent to an activating group) is 1. The summed E-state index contributed by atoms with van der Waals surface area (Å²) < 4.78 is 0. The average Bonchev–Trinajstić information content (AvgIpc) is 2.29. The summed E-state index contributed by atoms with van der Waals surface area (Å²) in [5.74, 6) is 0.283. The summed E-state index contributed by atoms with van der Waals surface area (Å²) in [5, 5.41) is 3.30. The Kier molecular flexibility index (Phi) is 5.69. The first kappa shape index (κ1) is 12.5. The van der Waals surface area contributed by atoms with Gasteiger partial charge in [-0.3, -0.25) is 4.79 Å². The molecule has 1 atom stereocenters. The first-order chi connectivity index (χ1) is 7.25. The fourth-order valence-electron chi connectivity index (χ4n) is 2.04. The van der Waals surface area contributed by atoms with Gasteiger partial charge in [0.25, 0.3) is 0 Å². The van der Waals surface area contributed by atoms with Gasteiger partial charge in [-0.15, -0.1) is 0 Å². The van der Waals surface area contributed by atoms with Crippen molar-refractivity contribution in [2.75, 3.05) is 20.1 Å². The maximum Gasteiger partial charge on any atom is 0.239 e. The van der Waals surface area contributed by atoms with Gasteiger partial charge >= 0.3 is 0 Å². The van der Waals surface area contributed by atoms with Gasteiger partial charge in [0.1, 0.15) is 0 Å². The number of amides is 1. The molecule has 0 aromatic heterocycles. The van der Waals surface area contributed by atoms with Crippen LogP contribution in [0.2, 0.25) is 0 Å². The summed E-state index contributed by atoms with van der Waals surface area (Å²) in [6.07, 6.45) is 6.97. The van der Waals surface area contributed by atoms with E-state index in [0.717, 1.165) is 25.9 Å². The van der Waals surface area contributed by atoms with E-state index < -0.39 is 0 Å². The van der Waals surface area contributed by atoms with Crippen LogP contribution in [0.25, 0.3) is 0 Å². The lowest BCUT2D eigenvalue weighted by Gasteiger charge is -2.27. The minimum Gasteiger partial charge on any atom is -0.344 e. The molecule has 0 aliphatic carbocycles. The van der Waals surface area contributed by atoms with Crippen LogP contribution in [0.15, 0.2) is 0 Å². The molecule has 0 bridgehead atoms. The highest BCUT2D eigenvalue weighted by Gasteiger charge is 2.22. The van der Waals surface area contributed by atoms with Gasteiger partial charge in [0, 0.05) is 13.6 Å². The van der Waals surface area contributed by atoms with E-state index >= 15 is 0 Å². The molecule has 1 fully saturated rings. The van der Waals surface area contributed by atoms with Crippen molar-refractivity contribution in [1.29, 1.82) is 0 Å². The van der Waals surface area contributed by atoms with Crippen molar-refractivity contribution >= 4 is 5.91 Å². The normalized spacial score (nSPS) is 21.3. The highest BCUT2D eigenvalue weighted by molar-refractivity contribution is 5.81. The van der Waals surface area contributed by atoms with Gasteiger partial charge in [-0.05, 0) is 25.8 Å². The van der Waals surface area contributed by atoms with Crippen molar-refractivity contribution in [3.05, 3.63) is 0 Å². The molecule has 1 unspecified atom stereocenters. The molecule has 3 heteroatoms. The molecule has 1 N–H and O–H groups in total. The number of carbonyl (C=O) groups is 1. The van der Waals surface area contributed by atoms with Crippen LogP contribution in [0.3, 0.4) is 0 Å². The molecule has 1 aliphatic rings. The molecule has 0 aromatic rings. The molecule has 88 valence electrons. The van der Waals surface area contributed by atoms with Crippen LogP contribution in [-0.4, -0.2) is 37.0 Å². The first-order valence-electron chi connectivity index (χ1n) is 6.24. The molecule has 0 spiro atoms. The smallest absolute Gasteiger partial charge is 0.239 e. The molecule has 1 aliphatic heterocycles. The summed E-state index contributed by atoms with van der Waals surface area (Å²) in [6.45, 7) is 4.09. The third kappa shape index (κ3) is 4.20. The van der Waals surface area contributed by atoms with Gasteiger partial charge in [-0.2, -0.15) is 0 Å². The quantitative estimate of drug-likeness (QED) is 0.705. The van der Waals surface area contributed by atoms with Gasteiger partial charge in [0.05, 0.1) is 6.04 Å². The van der Waals surface area contributed by atoms with Crippen molar-refractivity contribution in [2.24, 2.45) is 0 Å². The first-order valence-corrected chi connectivity index (χ1v) is 6.24. The van der Waals surface area contributed by atoms with Crippen molar-refractivity contribution in [2.45, 2.75) is 51.5 Å². The highest BCUT2D eigenvalue weighted by Crippen LogP contribution is 2.09. The van der Waals surface area contributed by atoms with E-state index in [2.05, 4.69) is 12.2 Å². The van der Waals surface area contributed by atoms with Crippen molar-refractivity contribution in [3.63, 3.8) is 0 Å². The zero-order valence-corrected chi connectivity index (χ0v) is 10.1. The fraction of sp³-hybridized carbons (Fsp3) is 0.917. The molecule has 0 aromatic carbocycles. The Labute approximate surface area is 93.2 Å². The topological polar surface area (TPSA) is 32.3 Å². The number of unbranched alkanes of at least 4 members (excludes halogenated alkanes) is 2. The molecular formula is C12H24N2O. The molecule has 1 saturated heterocycles. The predicted octanol–water partition coefficient (Wildman–Crippen LogP) is 1.78. The highest BCUT2D eigenvalue weighted by atomic mass is 16.2. The lowest BCUT2D eigenvalue weighted by Crippen LogP contribution is -2.47. The van der Waals surface area contributed by atoms with E-state index in [0.29, 0.717) is 0 Å². The Bertz CT molecular complexity index is 188. The lowest BCUT2D eigenvalue weighted by atomic mass is 10.0. The van der Waals surface area contributed by atoms with Crippen LogP contribution in [0.1, 0.15) is 45.4 Å². The fourth-order valence-corrected chi connectivity index (χ4v) is 2.04. The summed E-state index contributed by atoms with van der Waals surface area (Å²) in [4.78, 5) is 13.8. The van der Waals surface area contributed by atoms with Crippen molar-refractivity contribution < 1.29 is 4.79 Å². The molecule has 1 rings (SSSR count). The largest absolute Gasteiger partial charge is 0.344 e. The summed E-state index contributed by atoms with van der Waals surface area (Å²) in [5.41, 5.74) is 0. The monoisotopic (exact) mass is 212 g/mol. The van der Waals surface area contributed by atoms with E-state index in [1.54, 1.807) is 0 Å². The standard InChI is InChI=1S/C12H24N2O/c1-3-4-7-10-14(2)12(15)11-8-5-6-9-13-11/h11,13H,3-10H2,1-2H3. The number of nitrogens with zero attached hydrogens (tertiary/aromatic N) is 1. The van der Waals surface area contributed by atoms with Crippen LogP contribution in [0.5, 0.6) is 0 Å². The zero-order chi connectivity index (χ0) is 11.1. The maximum atomic E-state index is 12.0. The van der Waals surface area contributed by atoms with Gasteiger partial charge in [0.15, 0.2) is 0 Å². The number of nitrogens with one attached hydrogen (secondary N) is 1. The molecule has 3 nitrogen and oxygen atoms in total. The van der Waals surface area contributed by atoms with Crippen LogP contribution >= 0.6 is 0 Å². The van der Waals surface area contributed by atoms with E-state index in [4.69, 9.17) is 0 Å². The predicted molar refractivity (Wildman–Crippen MR) is 62.8 cm³/mol. The SMILES string of the molecule is CCCCCN(C)C(=O)C1CCCCN1. The Morgan fingerprint density at radius 3 is 2.80 bits per heavy atom. The zero-order valence-electron chi connectivity index (χ0n) is 10.1. The molecule has 0 saturated carbocycles. The number of hydrogen-bond acceptors (Lipinski definition) is 2. The molecule has 1 amide bonds. The molecular weight excluding hydrogens is 188 g/mol. The van der Waals surface area contributed by atoms with Crippen molar-refractivity contribution in [3.8, 4) is 0 Å². The second-order valence-corrected chi connectivity index (χ2v) is 4.47. The summed E-state index contributed by atoms with van der Waals surface area (Å²) >= 11 is 0. The Morgan fingerprint density at radius 1 is 1.40 bits per heavy atom. The number of carbonyl (C=O) groups excluding carboxylic acids is 1. The maximum absolute atomic E-state index is 12.0. The Balaban J connectivity index is 2.24. The minimum absolute atomic E-state index is 0.0883. The minimum atomic E-state index is 0.0883. The van der Waals surface area contributed by atoms with Gasteiger partial charge in [0.2, 0.25) is 5.91 Å². The summed E-state index contributed by atoms with van der Waals surface area (Å²) in [6, 6.07) is 0.0883. The van der Waals surface area contributed by atoms with Crippen molar-refractivity contribution in [1.82, 2.24) is 10.2 Å². The van der Waals surface area contributed by atoms with Crippen LogP contribution < -0.4 is 5.32 Å². The molecule has 0 radical (unpaired) electrons. The third-order valence-electron chi connectivity index (χ3n) is 3.08. The number of rotatable bonds is 5. The lowest BCUT2D eigenvalue weighted by molar-refractivity contribution is -0.132. The second-order valence-electron chi connectivity index (χ2n) is 4.47. The van der Waals surface area contributed by atoms with Gasteiger partial charge in [-0.1, -0.05) is 26.2 Å². The van der Waals surface area contributed by atoms with Gasteiger partial charge < -0.3 is 10.2 Å². The average molecular weight is 212 g/mol. The van der Waals surface area contributed by atoms with Crippen LogP contribution in [0.4, 0.5) is 0 Å². The molecule has 1 heterocycles. The Morgan fingerprint density at radius 2 is 2.20 bits per heavy atom. The van der Waals surface area contributed by atoms with Gasteiger partial charge in [-0.25, -0.2) is 0 Å². The van der Waals surface area contributed by atoms with Crippen LogP contribution in [-0.2, 0) is 4.79 Å². The third-order valence-corrected chi connectivity index (χ3v) is 3.08. The number of hydrogen-bond donors (Lipinski definition) is 1. The molecule has 15 heavy (non-hydrogen) atoms. The number of piperidine rings is 1. The summed E-state index contributed by atoms with van der Waals surface area (Å²) in [7, 11) is 1.92. The van der Waals surface area contributed by atoms with E-state index in [9.17, 15) is 4.79 Å². The van der Waals surface area contributed by atoms with E-state index in [1.165, 1.54) is 25.7 Å². The van der Waals surface area contributed by atoms with E-state index in [-0.39, 0.29) is 11.9 Å².